The lowest BCUT2D eigenvalue weighted by atomic mass is 10.0. The van der Waals surface area contributed by atoms with Gasteiger partial charge in [-0.15, -0.1) is 0 Å². The van der Waals surface area contributed by atoms with E-state index in [2.05, 4.69) is 23.2 Å². The van der Waals surface area contributed by atoms with Crippen molar-refractivity contribution < 1.29 is 0 Å². The van der Waals surface area contributed by atoms with Crippen molar-refractivity contribution in [3.8, 4) is 6.07 Å². The fourth-order valence-electron chi connectivity index (χ4n) is 3.42. The highest BCUT2D eigenvalue weighted by molar-refractivity contribution is 4.89. The lowest BCUT2D eigenvalue weighted by molar-refractivity contribution is 0.162. The van der Waals surface area contributed by atoms with Crippen LogP contribution in [0, 0.1) is 17.2 Å². The standard InChI is InChI=1S/C15H27N3/c1-13-10-17-14(8-9-16)12-18(11-13)15-6-4-2-3-5-7-15/h13-15,17H,2-8,10-12H2,1H3. The molecule has 0 spiro atoms. The van der Waals surface area contributed by atoms with Crippen molar-refractivity contribution in [2.75, 3.05) is 19.6 Å². The van der Waals surface area contributed by atoms with Gasteiger partial charge in [-0.25, -0.2) is 0 Å². The van der Waals surface area contributed by atoms with E-state index in [0.29, 0.717) is 18.4 Å². The minimum Gasteiger partial charge on any atom is -0.311 e. The van der Waals surface area contributed by atoms with Gasteiger partial charge in [0, 0.05) is 25.2 Å². The maximum absolute atomic E-state index is 8.91. The Bertz CT molecular complexity index is 276. The highest BCUT2D eigenvalue weighted by Gasteiger charge is 2.27. The van der Waals surface area contributed by atoms with Crippen LogP contribution in [0.5, 0.6) is 0 Å². The van der Waals surface area contributed by atoms with Crippen molar-refractivity contribution in [3.05, 3.63) is 0 Å². The van der Waals surface area contributed by atoms with E-state index in [1.165, 1.54) is 45.1 Å². The summed E-state index contributed by atoms with van der Waals surface area (Å²) in [6.45, 7) is 5.67. The highest BCUT2D eigenvalue weighted by Crippen LogP contribution is 2.24. The average Bonchev–Trinajstić information content (AvgIpc) is 2.71. The van der Waals surface area contributed by atoms with E-state index in [1.54, 1.807) is 0 Å². The van der Waals surface area contributed by atoms with E-state index in [0.717, 1.165) is 19.1 Å². The second kappa shape index (κ2) is 7.11. The number of rotatable bonds is 2. The van der Waals surface area contributed by atoms with E-state index in [-0.39, 0.29) is 0 Å². The quantitative estimate of drug-likeness (QED) is 0.764. The van der Waals surface area contributed by atoms with Crippen LogP contribution < -0.4 is 5.32 Å². The summed E-state index contributed by atoms with van der Waals surface area (Å²) in [4.78, 5) is 2.68. The largest absolute Gasteiger partial charge is 0.311 e. The zero-order chi connectivity index (χ0) is 12.8. The zero-order valence-electron chi connectivity index (χ0n) is 11.7. The topological polar surface area (TPSA) is 39.1 Å². The summed E-state index contributed by atoms with van der Waals surface area (Å²) in [6.07, 6.45) is 9.01. The third-order valence-electron chi connectivity index (χ3n) is 4.43. The second-order valence-electron chi connectivity index (χ2n) is 6.17. The van der Waals surface area contributed by atoms with Gasteiger partial charge in [-0.2, -0.15) is 5.26 Å². The summed E-state index contributed by atoms with van der Waals surface area (Å²) >= 11 is 0. The van der Waals surface area contributed by atoms with Crippen molar-refractivity contribution in [1.82, 2.24) is 10.2 Å². The van der Waals surface area contributed by atoms with E-state index in [9.17, 15) is 0 Å². The zero-order valence-corrected chi connectivity index (χ0v) is 11.7. The molecule has 2 unspecified atom stereocenters. The van der Waals surface area contributed by atoms with Crippen LogP contribution in [0.4, 0.5) is 0 Å². The molecule has 2 fully saturated rings. The number of nitrogens with one attached hydrogen (secondary N) is 1. The van der Waals surface area contributed by atoms with Crippen molar-refractivity contribution in [1.29, 1.82) is 5.26 Å². The molecule has 1 N–H and O–H groups in total. The van der Waals surface area contributed by atoms with Crippen molar-refractivity contribution in [2.45, 2.75) is 64.0 Å². The molecular formula is C15H27N3. The normalized spacial score (nSPS) is 32.4. The Morgan fingerprint density at radius 2 is 1.89 bits per heavy atom. The molecule has 0 aromatic carbocycles. The van der Waals surface area contributed by atoms with Crippen molar-refractivity contribution in [2.24, 2.45) is 5.92 Å². The molecule has 0 bridgehead atoms. The molecule has 102 valence electrons. The van der Waals surface area contributed by atoms with Gasteiger partial charge in [-0.05, 0) is 25.3 Å². The first-order valence-electron chi connectivity index (χ1n) is 7.64. The van der Waals surface area contributed by atoms with Gasteiger partial charge in [0.05, 0.1) is 12.5 Å². The smallest absolute Gasteiger partial charge is 0.0638 e. The molecule has 0 aromatic heterocycles. The first-order valence-corrected chi connectivity index (χ1v) is 7.64. The molecule has 1 aliphatic carbocycles. The minimum absolute atomic E-state index is 0.378. The lowest BCUT2D eigenvalue weighted by Crippen LogP contribution is -2.42. The summed E-state index contributed by atoms with van der Waals surface area (Å²) in [7, 11) is 0. The molecule has 1 heterocycles. The Morgan fingerprint density at radius 3 is 2.56 bits per heavy atom. The third kappa shape index (κ3) is 3.96. The summed E-state index contributed by atoms with van der Waals surface area (Å²) < 4.78 is 0. The Morgan fingerprint density at radius 1 is 1.17 bits per heavy atom. The molecule has 3 nitrogen and oxygen atoms in total. The summed E-state index contributed by atoms with van der Waals surface area (Å²) in [5.74, 6) is 0.706. The SMILES string of the molecule is CC1CNC(CC#N)CN(C2CCCCCC2)C1. The molecule has 0 amide bonds. The number of hydrogen-bond donors (Lipinski definition) is 1. The van der Waals surface area contributed by atoms with Crippen LogP contribution in [0.1, 0.15) is 51.9 Å². The Labute approximate surface area is 112 Å². The molecule has 0 radical (unpaired) electrons. The van der Waals surface area contributed by atoms with Crippen LogP contribution in [0.25, 0.3) is 0 Å². The monoisotopic (exact) mass is 249 g/mol. The molecular weight excluding hydrogens is 222 g/mol. The average molecular weight is 249 g/mol. The van der Waals surface area contributed by atoms with Gasteiger partial charge in [0.15, 0.2) is 0 Å². The van der Waals surface area contributed by atoms with Crippen LogP contribution in [0.3, 0.4) is 0 Å². The Kier molecular flexibility index (Phi) is 5.46. The van der Waals surface area contributed by atoms with Gasteiger partial charge < -0.3 is 5.32 Å². The predicted octanol–water partition coefficient (Wildman–Crippen LogP) is 2.53. The lowest BCUT2D eigenvalue weighted by Gasteiger charge is -2.32. The van der Waals surface area contributed by atoms with Gasteiger partial charge in [0.1, 0.15) is 0 Å². The van der Waals surface area contributed by atoms with Crippen LogP contribution >= 0.6 is 0 Å². The molecule has 18 heavy (non-hydrogen) atoms. The highest BCUT2D eigenvalue weighted by atomic mass is 15.2. The predicted molar refractivity (Wildman–Crippen MR) is 74.2 cm³/mol. The molecule has 1 saturated heterocycles. The molecule has 2 rings (SSSR count). The van der Waals surface area contributed by atoms with Crippen molar-refractivity contribution in [3.63, 3.8) is 0 Å². The maximum Gasteiger partial charge on any atom is 0.0638 e. The van der Waals surface area contributed by atoms with E-state index < -0.39 is 0 Å². The van der Waals surface area contributed by atoms with Gasteiger partial charge >= 0.3 is 0 Å². The van der Waals surface area contributed by atoms with E-state index in [1.807, 2.05) is 0 Å². The third-order valence-corrected chi connectivity index (χ3v) is 4.43. The van der Waals surface area contributed by atoms with E-state index in [4.69, 9.17) is 5.26 Å². The minimum atomic E-state index is 0.378. The summed E-state index contributed by atoms with van der Waals surface area (Å²) in [5.41, 5.74) is 0. The van der Waals surface area contributed by atoms with Crippen LogP contribution in [-0.4, -0.2) is 36.6 Å². The van der Waals surface area contributed by atoms with Gasteiger partial charge in [-0.1, -0.05) is 32.6 Å². The van der Waals surface area contributed by atoms with Crippen LogP contribution in [0.2, 0.25) is 0 Å². The van der Waals surface area contributed by atoms with Gasteiger partial charge in [0.2, 0.25) is 0 Å². The second-order valence-corrected chi connectivity index (χ2v) is 6.17. The number of nitrogens with zero attached hydrogens (tertiary/aromatic N) is 2. The molecule has 2 aliphatic rings. The van der Waals surface area contributed by atoms with Crippen LogP contribution in [0.15, 0.2) is 0 Å². The molecule has 0 aromatic rings. The molecule has 1 aliphatic heterocycles. The van der Waals surface area contributed by atoms with E-state index >= 15 is 0 Å². The maximum atomic E-state index is 8.91. The van der Waals surface area contributed by atoms with Gasteiger partial charge in [-0.3, -0.25) is 4.90 Å². The molecule has 3 heteroatoms. The Hall–Kier alpha value is -0.590. The number of hydrogen-bond acceptors (Lipinski definition) is 3. The number of nitriles is 1. The summed E-state index contributed by atoms with van der Waals surface area (Å²) in [5, 5.41) is 12.5. The Balaban J connectivity index is 1.96. The molecule has 2 atom stereocenters. The van der Waals surface area contributed by atoms with Gasteiger partial charge in [0.25, 0.3) is 0 Å². The fraction of sp³-hybridized carbons (Fsp3) is 0.933. The van der Waals surface area contributed by atoms with Crippen LogP contribution in [-0.2, 0) is 0 Å². The molecule has 1 saturated carbocycles. The first-order chi connectivity index (χ1) is 8.79. The fourth-order valence-corrected chi connectivity index (χ4v) is 3.42. The van der Waals surface area contributed by atoms with Crippen molar-refractivity contribution >= 4 is 0 Å². The summed E-state index contributed by atoms with van der Waals surface area (Å²) in [6, 6.07) is 3.48. The first kappa shape index (κ1) is 13.8.